The van der Waals surface area contributed by atoms with Gasteiger partial charge in [0.05, 0.1) is 12.1 Å². The molecule has 0 bridgehead atoms. The number of aliphatic hydroxyl groups excluding tert-OH is 1. The maximum Gasteiger partial charge on any atom is 0.206 e. The molecule has 1 saturated heterocycles. The molecule has 2 N–H and O–H groups in total. The van der Waals surface area contributed by atoms with Crippen molar-refractivity contribution in [3.8, 4) is 0 Å². The molecule has 0 aliphatic carbocycles. The van der Waals surface area contributed by atoms with Crippen LogP contribution in [0, 0.1) is 12.7 Å². The molecule has 0 spiro atoms. The van der Waals surface area contributed by atoms with Crippen molar-refractivity contribution in [2.24, 2.45) is 0 Å². The van der Waals surface area contributed by atoms with Gasteiger partial charge in [0.15, 0.2) is 0 Å². The highest BCUT2D eigenvalue weighted by atomic mass is 32.1. The summed E-state index contributed by atoms with van der Waals surface area (Å²) < 4.78 is 13.8. The fourth-order valence-electron chi connectivity index (χ4n) is 2.88. The van der Waals surface area contributed by atoms with E-state index in [1.807, 2.05) is 19.9 Å². The van der Waals surface area contributed by atoms with Crippen LogP contribution < -0.4 is 10.2 Å². The monoisotopic (exact) mass is 336 g/mol. The Morgan fingerprint density at radius 3 is 2.74 bits per heavy atom. The second kappa shape index (κ2) is 6.80. The molecule has 0 amide bonds. The fraction of sp³-hybridized carbons (Fsp3) is 0.500. The van der Waals surface area contributed by atoms with E-state index in [1.54, 1.807) is 6.07 Å². The van der Waals surface area contributed by atoms with Crippen LogP contribution in [-0.4, -0.2) is 34.5 Å². The van der Waals surface area contributed by atoms with Crippen molar-refractivity contribution in [2.45, 2.75) is 38.8 Å². The Kier molecular flexibility index (Phi) is 4.77. The van der Waals surface area contributed by atoms with Gasteiger partial charge in [0.25, 0.3) is 0 Å². The number of hydrogen-bond donors (Lipinski definition) is 2. The number of nitrogens with one attached hydrogen (secondary N) is 1. The predicted octanol–water partition coefficient (Wildman–Crippen LogP) is 3.12. The average molecular weight is 336 g/mol. The molecule has 0 saturated carbocycles. The van der Waals surface area contributed by atoms with Crippen LogP contribution in [0.4, 0.5) is 15.2 Å². The first kappa shape index (κ1) is 16.1. The lowest BCUT2D eigenvalue weighted by atomic mass is 10.0. The molecule has 5 nitrogen and oxygen atoms in total. The van der Waals surface area contributed by atoms with Gasteiger partial charge in [0.2, 0.25) is 5.13 Å². The van der Waals surface area contributed by atoms with Crippen molar-refractivity contribution in [1.29, 1.82) is 0 Å². The van der Waals surface area contributed by atoms with Crippen LogP contribution in [0.3, 0.4) is 0 Å². The summed E-state index contributed by atoms with van der Waals surface area (Å²) in [4.78, 5) is 2.21. The van der Waals surface area contributed by atoms with Crippen molar-refractivity contribution >= 4 is 22.2 Å². The molecule has 1 aliphatic heterocycles. The van der Waals surface area contributed by atoms with E-state index in [9.17, 15) is 9.50 Å². The van der Waals surface area contributed by atoms with E-state index < -0.39 is 0 Å². The van der Waals surface area contributed by atoms with Crippen molar-refractivity contribution in [1.82, 2.24) is 10.2 Å². The third kappa shape index (κ3) is 3.79. The van der Waals surface area contributed by atoms with Gasteiger partial charge in [0.1, 0.15) is 10.8 Å². The topological polar surface area (TPSA) is 61.3 Å². The third-order valence-corrected chi connectivity index (χ3v) is 4.90. The van der Waals surface area contributed by atoms with E-state index in [0.717, 1.165) is 47.3 Å². The standard InChI is InChI=1S/C16H21FN4OS/c1-10(18-16-20-19-11(2)23-16)14-9-12(17)3-4-15(14)21-7-5-13(22)6-8-21/h3-4,9-10,13,22H,5-8H2,1-2H3,(H,18,20). The third-order valence-electron chi connectivity index (χ3n) is 4.13. The zero-order chi connectivity index (χ0) is 16.4. The normalized spacial score (nSPS) is 17.3. The lowest BCUT2D eigenvalue weighted by Gasteiger charge is -2.34. The second-order valence-corrected chi connectivity index (χ2v) is 7.10. The zero-order valence-corrected chi connectivity index (χ0v) is 14.1. The summed E-state index contributed by atoms with van der Waals surface area (Å²) in [7, 11) is 0. The van der Waals surface area contributed by atoms with Gasteiger partial charge in [-0.15, -0.1) is 10.2 Å². The molecular weight excluding hydrogens is 315 g/mol. The van der Waals surface area contributed by atoms with E-state index in [-0.39, 0.29) is 18.0 Å². The quantitative estimate of drug-likeness (QED) is 0.898. The molecule has 1 fully saturated rings. The molecule has 1 aliphatic rings. The minimum absolute atomic E-state index is 0.0834. The summed E-state index contributed by atoms with van der Waals surface area (Å²) in [5.74, 6) is -0.247. The van der Waals surface area contributed by atoms with Gasteiger partial charge >= 0.3 is 0 Å². The highest BCUT2D eigenvalue weighted by Gasteiger charge is 2.22. The molecule has 1 atom stereocenters. The van der Waals surface area contributed by atoms with Gasteiger partial charge in [-0.25, -0.2) is 4.39 Å². The summed E-state index contributed by atoms with van der Waals surface area (Å²) in [5, 5.41) is 22.7. The van der Waals surface area contributed by atoms with Crippen molar-refractivity contribution in [3.05, 3.63) is 34.6 Å². The molecule has 1 unspecified atom stereocenters. The van der Waals surface area contributed by atoms with Crippen LogP contribution in [0.1, 0.15) is 36.4 Å². The minimum atomic E-state index is -0.247. The molecule has 2 aromatic rings. The maximum absolute atomic E-state index is 13.8. The molecule has 2 heterocycles. The largest absolute Gasteiger partial charge is 0.393 e. The van der Waals surface area contributed by atoms with E-state index in [4.69, 9.17) is 0 Å². The number of rotatable bonds is 4. The van der Waals surface area contributed by atoms with Crippen LogP contribution >= 0.6 is 11.3 Å². The van der Waals surface area contributed by atoms with E-state index in [0.29, 0.717) is 0 Å². The molecule has 7 heteroatoms. The Morgan fingerprint density at radius 2 is 2.09 bits per heavy atom. The summed E-state index contributed by atoms with van der Waals surface area (Å²) in [6.07, 6.45) is 1.26. The van der Waals surface area contributed by atoms with Crippen LogP contribution in [0.5, 0.6) is 0 Å². The lowest BCUT2D eigenvalue weighted by Crippen LogP contribution is -2.36. The smallest absolute Gasteiger partial charge is 0.206 e. The van der Waals surface area contributed by atoms with Gasteiger partial charge in [-0.05, 0) is 44.9 Å². The number of anilines is 2. The Bertz CT molecular complexity index is 670. The highest BCUT2D eigenvalue weighted by molar-refractivity contribution is 7.15. The fourth-order valence-corrected chi connectivity index (χ4v) is 3.56. The number of aromatic nitrogens is 2. The van der Waals surface area contributed by atoms with Gasteiger partial charge in [-0.1, -0.05) is 11.3 Å². The lowest BCUT2D eigenvalue weighted by molar-refractivity contribution is 0.145. The first-order valence-corrected chi connectivity index (χ1v) is 8.63. The Hall–Kier alpha value is -1.73. The van der Waals surface area contributed by atoms with Crippen molar-refractivity contribution in [3.63, 3.8) is 0 Å². The van der Waals surface area contributed by atoms with Gasteiger partial charge in [-0.2, -0.15) is 0 Å². The number of aryl methyl sites for hydroxylation is 1. The van der Waals surface area contributed by atoms with Crippen molar-refractivity contribution < 1.29 is 9.50 Å². The first-order valence-electron chi connectivity index (χ1n) is 7.82. The Balaban J connectivity index is 1.83. The maximum atomic E-state index is 13.8. The number of benzene rings is 1. The number of hydrogen-bond acceptors (Lipinski definition) is 6. The van der Waals surface area contributed by atoms with Gasteiger partial charge in [0, 0.05) is 24.3 Å². The van der Waals surface area contributed by atoms with Crippen molar-refractivity contribution in [2.75, 3.05) is 23.3 Å². The molecule has 3 rings (SSSR count). The summed E-state index contributed by atoms with van der Waals surface area (Å²) in [5.41, 5.74) is 1.91. The van der Waals surface area contributed by atoms with Crippen LogP contribution in [-0.2, 0) is 0 Å². The predicted molar refractivity (Wildman–Crippen MR) is 90.5 cm³/mol. The highest BCUT2D eigenvalue weighted by Crippen LogP contribution is 2.32. The second-order valence-electron chi connectivity index (χ2n) is 5.91. The van der Waals surface area contributed by atoms with Gasteiger partial charge in [-0.3, -0.25) is 0 Å². The Labute approximate surface area is 139 Å². The summed E-state index contributed by atoms with van der Waals surface area (Å²) in [6, 6.07) is 4.81. The first-order chi connectivity index (χ1) is 11.0. The molecule has 124 valence electrons. The number of halogens is 1. The SMILES string of the molecule is Cc1nnc(NC(C)c2cc(F)ccc2N2CCC(O)CC2)s1. The molecule has 1 aromatic carbocycles. The van der Waals surface area contributed by atoms with E-state index in [2.05, 4.69) is 20.4 Å². The Morgan fingerprint density at radius 1 is 1.35 bits per heavy atom. The van der Waals surface area contributed by atoms with E-state index in [1.165, 1.54) is 17.4 Å². The van der Waals surface area contributed by atoms with E-state index >= 15 is 0 Å². The molecule has 1 aromatic heterocycles. The number of aliphatic hydroxyl groups is 1. The van der Waals surface area contributed by atoms with Gasteiger partial charge < -0.3 is 15.3 Å². The minimum Gasteiger partial charge on any atom is -0.393 e. The molecule has 23 heavy (non-hydrogen) atoms. The number of nitrogens with zero attached hydrogens (tertiary/aromatic N) is 3. The summed E-state index contributed by atoms with van der Waals surface area (Å²) >= 11 is 1.48. The molecular formula is C16H21FN4OS. The van der Waals surface area contributed by atoms with Crippen LogP contribution in [0.15, 0.2) is 18.2 Å². The van der Waals surface area contributed by atoms with Crippen LogP contribution in [0.2, 0.25) is 0 Å². The van der Waals surface area contributed by atoms with Crippen LogP contribution in [0.25, 0.3) is 0 Å². The summed E-state index contributed by atoms with van der Waals surface area (Å²) in [6.45, 7) is 5.46. The zero-order valence-electron chi connectivity index (χ0n) is 13.3. The average Bonchev–Trinajstić information content (AvgIpc) is 2.93. The number of piperidine rings is 1. The molecule has 0 radical (unpaired) electrons.